The van der Waals surface area contributed by atoms with Crippen LogP contribution in [0.15, 0.2) is 54.6 Å². The fourth-order valence-electron chi connectivity index (χ4n) is 3.02. The Balaban J connectivity index is 1.91. The quantitative estimate of drug-likeness (QED) is 0.890. The van der Waals surface area contributed by atoms with Crippen molar-refractivity contribution in [2.75, 3.05) is 18.6 Å². The highest BCUT2D eigenvalue weighted by atomic mass is 32.2. The van der Waals surface area contributed by atoms with Crippen LogP contribution in [0.3, 0.4) is 0 Å². The Labute approximate surface area is 137 Å². The average Bonchev–Trinajstić information content (AvgIpc) is 2.61. The van der Waals surface area contributed by atoms with Crippen molar-refractivity contribution in [3.63, 3.8) is 0 Å². The van der Waals surface area contributed by atoms with E-state index < -0.39 is 0 Å². The summed E-state index contributed by atoms with van der Waals surface area (Å²) in [5.74, 6) is 3.46. The largest absolute Gasteiger partial charge is 0.496 e. The molecule has 0 radical (unpaired) electrons. The molecule has 0 bridgehead atoms. The second-order valence-electron chi connectivity index (χ2n) is 5.64. The first kappa shape index (κ1) is 15.4. The number of hydrogen-bond acceptors (Lipinski definition) is 3. The van der Waals surface area contributed by atoms with Gasteiger partial charge in [-0.3, -0.25) is 0 Å². The third-order valence-corrected chi connectivity index (χ3v) is 5.26. The Morgan fingerprint density at radius 3 is 2.41 bits per heavy atom. The van der Waals surface area contributed by atoms with E-state index in [4.69, 9.17) is 4.74 Å². The number of benzene rings is 2. The number of methoxy groups -OCH3 is 1. The number of para-hydroxylation sites is 1. The van der Waals surface area contributed by atoms with Crippen LogP contribution in [-0.4, -0.2) is 24.7 Å². The van der Waals surface area contributed by atoms with Crippen LogP contribution in [0.25, 0.3) is 0 Å². The standard InChI is InChI=1S/C19H23NOS/c1-21-18-10-6-5-9-17(18)19(15-7-3-2-4-8-15)20-16-11-13-22-14-12-16/h2-10,16,19-20H,11-14H2,1H3. The fourth-order valence-corrected chi connectivity index (χ4v) is 4.12. The number of nitrogens with one attached hydrogen (secondary N) is 1. The van der Waals surface area contributed by atoms with E-state index in [9.17, 15) is 0 Å². The summed E-state index contributed by atoms with van der Waals surface area (Å²) in [5, 5.41) is 3.87. The fraction of sp³-hybridized carbons (Fsp3) is 0.368. The molecular formula is C19H23NOS. The van der Waals surface area contributed by atoms with Gasteiger partial charge in [0.25, 0.3) is 0 Å². The van der Waals surface area contributed by atoms with E-state index in [2.05, 4.69) is 59.5 Å². The molecule has 22 heavy (non-hydrogen) atoms. The molecule has 1 unspecified atom stereocenters. The Hall–Kier alpha value is -1.45. The van der Waals surface area contributed by atoms with Crippen LogP contribution in [0.2, 0.25) is 0 Å². The molecule has 1 saturated heterocycles. The van der Waals surface area contributed by atoms with Crippen LogP contribution >= 0.6 is 11.8 Å². The zero-order valence-electron chi connectivity index (χ0n) is 13.0. The van der Waals surface area contributed by atoms with Crippen LogP contribution in [0.5, 0.6) is 5.75 Å². The third kappa shape index (κ3) is 3.65. The van der Waals surface area contributed by atoms with Crippen LogP contribution in [-0.2, 0) is 0 Å². The van der Waals surface area contributed by atoms with Gasteiger partial charge in [0.05, 0.1) is 13.2 Å². The second kappa shape index (κ2) is 7.70. The molecule has 1 atom stereocenters. The number of ether oxygens (including phenoxy) is 1. The highest BCUT2D eigenvalue weighted by molar-refractivity contribution is 7.99. The topological polar surface area (TPSA) is 21.3 Å². The molecule has 1 heterocycles. The number of thioether (sulfide) groups is 1. The second-order valence-corrected chi connectivity index (χ2v) is 6.86. The minimum Gasteiger partial charge on any atom is -0.496 e. The van der Waals surface area contributed by atoms with Gasteiger partial charge in [0, 0.05) is 11.6 Å². The highest BCUT2D eigenvalue weighted by Gasteiger charge is 2.22. The Bertz CT molecular complexity index is 581. The summed E-state index contributed by atoms with van der Waals surface area (Å²) in [6.45, 7) is 0. The lowest BCUT2D eigenvalue weighted by Crippen LogP contribution is -2.36. The molecule has 3 heteroatoms. The molecule has 1 N–H and O–H groups in total. The third-order valence-electron chi connectivity index (χ3n) is 4.21. The van der Waals surface area contributed by atoms with Crippen molar-refractivity contribution in [3.05, 3.63) is 65.7 Å². The Morgan fingerprint density at radius 1 is 1.00 bits per heavy atom. The summed E-state index contributed by atoms with van der Waals surface area (Å²) in [6, 6.07) is 19.8. The normalized spacial score (nSPS) is 17.1. The summed E-state index contributed by atoms with van der Waals surface area (Å²) in [4.78, 5) is 0. The molecule has 2 aromatic rings. The monoisotopic (exact) mass is 313 g/mol. The van der Waals surface area contributed by atoms with Crippen LogP contribution < -0.4 is 10.1 Å². The van der Waals surface area contributed by atoms with Crippen molar-refractivity contribution >= 4 is 11.8 Å². The first-order valence-corrected chi connectivity index (χ1v) is 9.05. The lowest BCUT2D eigenvalue weighted by Gasteiger charge is -2.29. The van der Waals surface area contributed by atoms with Gasteiger partial charge in [-0.15, -0.1) is 0 Å². The lowest BCUT2D eigenvalue weighted by molar-refractivity contribution is 0.393. The molecule has 116 valence electrons. The lowest BCUT2D eigenvalue weighted by atomic mass is 9.96. The minimum absolute atomic E-state index is 0.186. The SMILES string of the molecule is COc1ccccc1C(NC1CCSCC1)c1ccccc1. The zero-order valence-corrected chi connectivity index (χ0v) is 13.8. The molecule has 0 saturated carbocycles. The summed E-state index contributed by atoms with van der Waals surface area (Å²) < 4.78 is 5.59. The van der Waals surface area contributed by atoms with Gasteiger partial charge in [-0.2, -0.15) is 11.8 Å². The molecule has 0 spiro atoms. The Kier molecular flexibility index (Phi) is 5.41. The van der Waals surface area contributed by atoms with Crippen LogP contribution in [0.4, 0.5) is 0 Å². The maximum atomic E-state index is 5.59. The van der Waals surface area contributed by atoms with E-state index in [1.165, 1.54) is 35.5 Å². The summed E-state index contributed by atoms with van der Waals surface area (Å²) in [6.07, 6.45) is 2.48. The maximum absolute atomic E-state index is 5.59. The molecular weight excluding hydrogens is 290 g/mol. The van der Waals surface area contributed by atoms with Crippen LogP contribution in [0.1, 0.15) is 30.0 Å². The smallest absolute Gasteiger partial charge is 0.123 e. The van der Waals surface area contributed by atoms with E-state index in [0.29, 0.717) is 6.04 Å². The molecule has 2 aromatic carbocycles. The maximum Gasteiger partial charge on any atom is 0.123 e. The number of hydrogen-bond donors (Lipinski definition) is 1. The van der Waals surface area contributed by atoms with E-state index in [-0.39, 0.29) is 6.04 Å². The van der Waals surface area contributed by atoms with Crippen molar-refractivity contribution in [3.8, 4) is 5.75 Å². The van der Waals surface area contributed by atoms with Gasteiger partial charge in [-0.05, 0) is 36.0 Å². The van der Waals surface area contributed by atoms with Crippen molar-refractivity contribution in [1.82, 2.24) is 5.32 Å². The van der Waals surface area contributed by atoms with Gasteiger partial charge in [-0.25, -0.2) is 0 Å². The number of rotatable bonds is 5. The molecule has 2 nitrogen and oxygen atoms in total. The molecule has 1 aliphatic rings. The van der Waals surface area contributed by atoms with Crippen molar-refractivity contribution in [2.45, 2.75) is 24.9 Å². The average molecular weight is 313 g/mol. The van der Waals surface area contributed by atoms with Gasteiger partial charge in [0.2, 0.25) is 0 Å². The molecule has 0 aromatic heterocycles. The molecule has 1 fully saturated rings. The van der Waals surface area contributed by atoms with E-state index >= 15 is 0 Å². The van der Waals surface area contributed by atoms with E-state index in [1.807, 2.05) is 12.1 Å². The van der Waals surface area contributed by atoms with Gasteiger partial charge >= 0.3 is 0 Å². The zero-order chi connectivity index (χ0) is 15.2. The minimum atomic E-state index is 0.186. The van der Waals surface area contributed by atoms with Crippen molar-refractivity contribution in [1.29, 1.82) is 0 Å². The van der Waals surface area contributed by atoms with Gasteiger partial charge in [0.1, 0.15) is 5.75 Å². The van der Waals surface area contributed by atoms with Crippen LogP contribution in [0, 0.1) is 0 Å². The summed E-state index contributed by atoms with van der Waals surface area (Å²) >= 11 is 2.06. The molecule has 0 aliphatic carbocycles. The van der Waals surface area contributed by atoms with Crippen molar-refractivity contribution < 1.29 is 4.74 Å². The Morgan fingerprint density at radius 2 is 1.68 bits per heavy atom. The molecule has 3 rings (SSSR count). The summed E-state index contributed by atoms with van der Waals surface area (Å²) in [7, 11) is 1.75. The van der Waals surface area contributed by atoms with Gasteiger partial charge < -0.3 is 10.1 Å². The van der Waals surface area contributed by atoms with E-state index in [0.717, 1.165) is 5.75 Å². The molecule has 0 amide bonds. The highest BCUT2D eigenvalue weighted by Crippen LogP contribution is 2.31. The van der Waals surface area contributed by atoms with E-state index in [1.54, 1.807) is 7.11 Å². The van der Waals surface area contributed by atoms with Gasteiger partial charge in [-0.1, -0.05) is 48.5 Å². The first-order chi connectivity index (χ1) is 10.9. The summed E-state index contributed by atoms with van der Waals surface area (Å²) in [5.41, 5.74) is 2.51. The first-order valence-electron chi connectivity index (χ1n) is 7.90. The predicted molar refractivity (Wildman–Crippen MR) is 94.8 cm³/mol. The van der Waals surface area contributed by atoms with Crippen molar-refractivity contribution in [2.24, 2.45) is 0 Å². The predicted octanol–water partition coefficient (Wildman–Crippen LogP) is 4.27. The van der Waals surface area contributed by atoms with Gasteiger partial charge in [0.15, 0.2) is 0 Å². The molecule has 1 aliphatic heterocycles.